The number of fused-ring (bicyclic) bond motifs is 1. The minimum Gasteiger partial charge on any atom is -0.159 e. The highest BCUT2D eigenvalue weighted by molar-refractivity contribution is 5.63. The first-order valence-electron chi connectivity index (χ1n) is 4.61. The van der Waals surface area contributed by atoms with E-state index < -0.39 is 0 Å². The summed E-state index contributed by atoms with van der Waals surface area (Å²) in [5.41, 5.74) is 2.11. The second-order valence-corrected chi connectivity index (χ2v) is 2.41. The molecule has 1 aliphatic rings. The van der Waals surface area contributed by atoms with Gasteiger partial charge >= 0.3 is 0 Å². The predicted molar refractivity (Wildman–Crippen MR) is 56.1 cm³/mol. The van der Waals surface area contributed by atoms with Crippen LogP contribution in [0.4, 0.5) is 0 Å². The fraction of sp³-hybridized carbons (Fsp3) is 0.273. The van der Waals surface area contributed by atoms with Crippen molar-refractivity contribution in [3.05, 3.63) is 35.7 Å². The molecule has 0 aliphatic heterocycles. The lowest BCUT2D eigenvalue weighted by atomic mass is 10.2. The molecule has 0 atom stereocenters. The van der Waals surface area contributed by atoms with Crippen LogP contribution in [0.3, 0.4) is 0 Å². The maximum atomic E-state index is 3.99. The molecule has 1 aromatic heterocycles. The molecule has 0 spiro atoms. The molecule has 0 saturated heterocycles. The second-order valence-electron chi connectivity index (χ2n) is 2.41. The van der Waals surface area contributed by atoms with E-state index in [9.17, 15) is 0 Å². The largest absolute Gasteiger partial charge is 0.159 e. The fourth-order valence-electron chi connectivity index (χ4n) is 1.08. The van der Waals surface area contributed by atoms with Crippen molar-refractivity contribution in [2.45, 2.75) is 20.3 Å². The van der Waals surface area contributed by atoms with Crippen molar-refractivity contribution in [2.24, 2.45) is 0 Å². The first-order chi connectivity index (χ1) is 6.47. The lowest BCUT2D eigenvalue weighted by Gasteiger charge is -1.93. The minimum absolute atomic E-state index is 0.959. The molecule has 68 valence electrons. The Labute approximate surface area is 79.0 Å². The van der Waals surface area contributed by atoms with Crippen LogP contribution >= 0.6 is 0 Å². The first kappa shape index (κ1) is 9.65. The van der Waals surface area contributed by atoms with E-state index in [4.69, 9.17) is 0 Å². The highest BCUT2D eigenvalue weighted by atomic mass is 15.1. The summed E-state index contributed by atoms with van der Waals surface area (Å²) >= 11 is 0. The summed E-state index contributed by atoms with van der Waals surface area (Å²) in [5.74, 6) is 0. The third-order valence-corrected chi connectivity index (χ3v) is 1.63. The van der Waals surface area contributed by atoms with Crippen LogP contribution in [0, 0.1) is 0 Å². The summed E-state index contributed by atoms with van der Waals surface area (Å²) < 4.78 is 0. The molecule has 1 aliphatic carbocycles. The molecule has 2 rings (SSSR count). The number of allylic oxidation sites excluding steroid dienone is 2. The van der Waals surface area contributed by atoms with Crippen LogP contribution < -0.4 is 0 Å². The SMILES string of the molecule is C1=Cc2ccnnc2C=CC1.CC. The summed E-state index contributed by atoms with van der Waals surface area (Å²) in [5, 5.41) is 7.80. The summed E-state index contributed by atoms with van der Waals surface area (Å²) in [6, 6.07) is 1.97. The van der Waals surface area contributed by atoms with Crippen LogP contribution in [-0.4, -0.2) is 10.2 Å². The van der Waals surface area contributed by atoms with Gasteiger partial charge in [0.2, 0.25) is 0 Å². The zero-order valence-corrected chi connectivity index (χ0v) is 8.07. The Morgan fingerprint density at radius 2 is 1.92 bits per heavy atom. The smallest absolute Gasteiger partial charge is 0.0926 e. The van der Waals surface area contributed by atoms with Crippen LogP contribution in [0.5, 0.6) is 0 Å². The van der Waals surface area contributed by atoms with E-state index in [1.807, 2.05) is 26.0 Å². The topological polar surface area (TPSA) is 25.8 Å². The number of hydrogen-bond donors (Lipinski definition) is 0. The Balaban J connectivity index is 0.000000396. The van der Waals surface area contributed by atoms with Gasteiger partial charge in [-0.1, -0.05) is 32.1 Å². The van der Waals surface area contributed by atoms with E-state index in [2.05, 4.69) is 28.4 Å². The average molecular weight is 174 g/mol. The standard InChI is InChI=1S/C9H8N2.C2H6/c1-2-4-8-6-7-10-11-9(8)5-3-1;1-2/h2-7H,1H2;1-2H3. The first-order valence-corrected chi connectivity index (χ1v) is 4.61. The molecule has 0 N–H and O–H groups in total. The van der Waals surface area contributed by atoms with Gasteiger partial charge in [0.1, 0.15) is 0 Å². The number of nitrogens with zero attached hydrogens (tertiary/aromatic N) is 2. The average Bonchev–Trinajstić information content (AvgIpc) is 2.45. The Kier molecular flexibility index (Phi) is 3.89. The van der Waals surface area contributed by atoms with Gasteiger partial charge in [-0.3, -0.25) is 0 Å². The molecule has 0 amide bonds. The third-order valence-electron chi connectivity index (χ3n) is 1.63. The van der Waals surface area contributed by atoms with E-state index in [0.717, 1.165) is 17.7 Å². The van der Waals surface area contributed by atoms with Crippen molar-refractivity contribution in [1.82, 2.24) is 10.2 Å². The molecule has 0 aromatic carbocycles. The maximum absolute atomic E-state index is 3.99. The van der Waals surface area contributed by atoms with Crippen molar-refractivity contribution in [3.63, 3.8) is 0 Å². The van der Waals surface area contributed by atoms with Gasteiger partial charge in [-0.25, -0.2) is 0 Å². The third kappa shape index (κ3) is 2.51. The van der Waals surface area contributed by atoms with Gasteiger partial charge < -0.3 is 0 Å². The highest BCUT2D eigenvalue weighted by Crippen LogP contribution is 2.12. The molecule has 1 heterocycles. The molecule has 2 heteroatoms. The van der Waals surface area contributed by atoms with Crippen molar-refractivity contribution >= 4 is 12.2 Å². The van der Waals surface area contributed by atoms with E-state index in [-0.39, 0.29) is 0 Å². The zero-order valence-electron chi connectivity index (χ0n) is 8.07. The predicted octanol–water partition coefficient (Wildman–Crippen LogP) is 2.93. The van der Waals surface area contributed by atoms with Crippen LogP contribution in [0.2, 0.25) is 0 Å². The van der Waals surface area contributed by atoms with Gasteiger partial charge in [0.15, 0.2) is 0 Å². The van der Waals surface area contributed by atoms with Crippen molar-refractivity contribution in [3.8, 4) is 0 Å². The van der Waals surface area contributed by atoms with Gasteiger partial charge in [0.25, 0.3) is 0 Å². The van der Waals surface area contributed by atoms with Crippen LogP contribution in [0.15, 0.2) is 24.4 Å². The minimum atomic E-state index is 0.959. The van der Waals surface area contributed by atoms with Gasteiger partial charge in [-0.15, -0.1) is 0 Å². The van der Waals surface area contributed by atoms with Gasteiger partial charge in [-0.2, -0.15) is 10.2 Å². The monoisotopic (exact) mass is 174 g/mol. The molecule has 2 nitrogen and oxygen atoms in total. The normalized spacial score (nSPS) is 12.5. The molecule has 0 bridgehead atoms. The molecular formula is C11H14N2. The van der Waals surface area contributed by atoms with E-state index in [1.54, 1.807) is 6.20 Å². The van der Waals surface area contributed by atoms with Crippen LogP contribution in [0.1, 0.15) is 31.5 Å². The summed E-state index contributed by atoms with van der Waals surface area (Å²) in [4.78, 5) is 0. The summed E-state index contributed by atoms with van der Waals surface area (Å²) in [6.45, 7) is 4.00. The van der Waals surface area contributed by atoms with Crippen LogP contribution in [0.25, 0.3) is 12.2 Å². The molecule has 0 saturated carbocycles. The Morgan fingerprint density at radius 3 is 2.77 bits per heavy atom. The van der Waals surface area contributed by atoms with E-state index in [0.29, 0.717) is 0 Å². The molecule has 13 heavy (non-hydrogen) atoms. The molecule has 0 radical (unpaired) electrons. The number of aromatic nitrogens is 2. The Hall–Kier alpha value is -1.44. The van der Waals surface area contributed by atoms with Crippen molar-refractivity contribution in [2.75, 3.05) is 0 Å². The second kappa shape index (κ2) is 5.25. The summed E-state index contributed by atoms with van der Waals surface area (Å²) in [6.07, 6.45) is 11.0. The van der Waals surface area contributed by atoms with Gasteiger partial charge in [-0.05, 0) is 18.6 Å². The molecule has 1 aromatic rings. The lowest BCUT2D eigenvalue weighted by Crippen LogP contribution is -1.87. The van der Waals surface area contributed by atoms with Gasteiger partial charge in [0, 0.05) is 5.56 Å². The van der Waals surface area contributed by atoms with E-state index >= 15 is 0 Å². The molecule has 0 unspecified atom stereocenters. The number of hydrogen-bond acceptors (Lipinski definition) is 2. The van der Waals surface area contributed by atoms with Crippen molar-refractivity contribution < 1.29 is 0 Å². The maximum Gasteiger partial charge on any atom is 0.0926 e. The lowest BCUT2D eigenvalue weighted by molar-refractivity contribution is 1.01. The number of rotatable bonds is 0. The van der Waals surface area contributed by atoms with Crippen molar-refractivity contribution in [1.29, 1.82) is 0 Å². The fourth-order valence-corrected chi connectivity index (χ4v) is 1.08. The zero-order chi connectivity index (χ0) is 9.52. The molecule has 0 fully saturated rings. The van der Waals surface area contributed by atoms with E-state index in [1.165, 1.54) is 0 Å². The Morgan fingerprint density at radius 1 is 1.15 bits per heavy atom. The molecular weight excluding hydrogens is 160 g/mol. The van der Waals surface area contributed by atoms with Crippen LogP contribution in [-0.2, 0) is 0 Å². The van der Waals surface area contributed by atoms with Gasteiger partial charge in [0.05, 0.1) is 11.9 Å². The summed E-state index contributed by atoms with van der Waals surface area (Å²) in [7, 11) is 0. The quantitative estimate of drug-likeness (QED) is 0.604. The Bertz CT molecular complexity index is 283. The highest BCUT2D eigenvalue weighted by Gasteiger charge is 1.97.